The molecule has 84 valence electrons. The third-order valence-corrected chi connectivity index (χ3v) is 4.17. The molecule has 3 nitrogen and oxygen atoms in total. The third kappa shape index (κ3) is 1.53. The Morgan fingerprint density at radius 2 is 1.93 bits per heavy atom. The van der Waals surface area contributed by atoms with Crippen LogP contribution in [0.15, 0.2) is 4.99 Å². The highest BCUT2D eigenvalue weighted by atomic mass is 16.5. The van der Waals surface area contributed by atoms with Crippen LogP contribution >= 0.6 is 0 Å². The minimum Gasteiger partial charge on any atom is -0.381 e. The molecule has 0 N–H and O–H groups in total. The average molecular weight is 209 g/mol. The molecule has 0 radical (unpaired) electrons. The van der Waals surface area contributed by atoms with Crippen molar-refractivity contribution in [1.29, 1.82) is 0 Å². The van der Waals surface area contributed by atoms with E-state index in [0.717, 1.165) is 38.9 Å². The number of hydrogen-bond donors (Lipinski definition) is 0. The first-order valence-electron chi connectivity index (χ1n) is 6.11. The molecule has 2 saturated heterocycles. The van der Waals surface area contributed by atoms with Gasteiger partial charge in [0.2, 0.25) is 0 Å². The summed E-state index contributed by atoms with van der Waals surface area (Å²) in [6.07, 6.45) is 4.85. The van der Waals surface area contributed by atoms with Gasteiger partial charge >= 0.3 is 0 Å². The molecule has 2 fully saturated rings. The Balaban J connectivity index is 1.78. The van der Waals surface area contributed by atoms with Crippen molar-refractivity contribution in [2.75, 3.05) is 33.0 Å². The monoisotopic (exact) mass is 209 g/mol. The lowest BCUT2D eigenvalue weighted by molar-refractivity contribution is -0.121. The van der Waals surface area contributed by atoms with Crippen molar-refractivity contribution in [1.82, 2.24) is 0 Å². The first-order valence-corrected chi connectivity index (χ1v) is 6.11. The van der Waals surface area contributed by atoms with Crippen LogP contribution in [0.4, 0.5) is 0 Å². The summed E-state index contributed by atoms with van der Waals surface area (Å²) in [5.41, 5.74) is 1.78. The summed E-state index contributed by atoms with van der Waals surface area (Å²) in [6.45, 7) is 4.73. The zero-order valence-electron chi connectivity index (χ0n) is 9.21. The zero-order valence-corrected chi connectivity index (χ0v) is 9.21. The Labute approximate surface area is 90.9 Å². The molecule has 0 aromatic heterocycles. The van der Waals surface area contributed by atoms with Crippen LogP contribution < -0.4 is 0 Å². The maximum absolute atomic E-state index is 5.48. The van der Waals surface area contributed by atoms with E-state index in [0.29, 0.717) is 5.41 Å². The second-order valence-electron chi connectivity index (χ2n) is 4.97. The van der Waals surface area contributed by atoms with Crippen molar-refractivity contribution >= 4 is 5.71 Å². The fraction of sp³-hybridized carbons (Fsp3) is 0.917. The second-order valence-corrected chi connectivity index (χ2v) is 4.97. The number of nitrogens with zero attached hydrogens (tertiary/aromatic N) is 1. The molecule has 0 aromatic carbocycles. The fourth-order valence-corrected chi connectivity index (χ4v) is 3.16. The molecule has 3 aliphatic rings. The van der Waals surface area contributed by atoms with Crippen LogP contribution in [-0.4, -0.2) is 38.7 Å². The molecule has 0 aromatic rings. The minimum atomic E-state index is 0.320. The van der Waals surface area contributed by atoms with Crippen molar-refractivity contribution < 1.29 is 9.47 Å². The molecule has 3 heteroatoms. The summed E-state index contributed by atoms with van der Waals surface area (Å²) in [4.78, 5) is 4.70. The molecule has 0 saturated carbocycles. The lowest BCUT2D eigenvalue weighted by Gasteiger charge is -2.48. The molecular weight excluding hydrogens is 190 g/mol. The van der Waals surface area contributed by atoms with Gasteiger partial charge < -0.3 is 9.47 Å². The van der Waals surface area contributed by atoms with E-state index in [4.69, 9.17) is 14.5 Å². The molecule has 3 aliphatic heterocycles. The van der Waals surface area contributed by atoms with Gasteiger partial charge in [-0.15, -0.1) is 0 Å². The molecule has 3 rings (SSSR count). The standard InChI is InChI=1S/C12H19NO2/c1-2-11(13-5-1)12(8-15-9-12)10-3-6-14-7-4-10/h10H,1-9H2. The van der Waals surface area contributed by atoms with E-state index in [1.807, 2.05) is 0 Å². The zero-order chi connectivity index (χ0) is 10.1. The topological polar surface area (TPSA) is 30.8 Å². The first-order chi connectivity index (χ1) is 7.42. The molecule has 0 atom stereocenters. The second kappa shape index (κ2) is 3.87. The predicted octanol–water partition coefficient (Wildman–Crippen LogP) is 1.66. The number of rotatable bonds is 2. The Morgan fingerprint density at radius 3 is 2.47 bits per heavy atom. The summed E-state index contributed by atoms with van der Waals surface area (Å²) in [5.74, 6) is 0.761. The van der Waals surface area contributed by atoms with Crippen molar-refractivity contribution in [2.24, 2.45) is 16.3 Å². The van der Waals surface area contributed by atoms with Crippen molar-refractivity contribution in [2.45, 2.75) is 25.7 Å². The maximum Gasteiger partial charge on any atom is 0.0600 e. The van der Waals surface area contributed by atoms with Crippen LogP contribution in [0.2, 0.25) is 0 Å². The van der Waals surface area contributed by atoms with Gasteiger partial charge in [0.15, 0.2) is 0 Å². The van der Waals surface area contributed by atoms with E-state index < -0.39 is 0 Å². The lowest BCUT2D eigenvalue weighted by Crippen LogP contribution is -2.55. The molecule has 0 spiro atoms. The lowest BCUT2D eigenvalue weighted by atomic mass is 9.66. The van der Waals surface area contributed by atoms with E-state index >= 15 is 0 Å². The van der Waals surface area contributed by atoms with Crippen molar-refractivity contribution in [3.05, 3.63) is 0 Å². The van der Waals surface area contributed by atoms with E-state index in [9.17, 15) is 0 Å². The maximum atomic E-state index is 5.48. The van der Waals surface area contributed by atoms with Crippen LogP contribution in [0.25, 0.3) is 0 Å². The van der Waals surface area contributed by atoms with Crippen molar-refractivity contribution in [3.8, 4) is 0 Å². The average Bonchev–Trinajstić information content (AvgIpc) is 2.72. The van der Waals surface area contributed by atoms with Crippen LogP contribution in [-0.2, 0) is 9.47 Å². The third-order valence-electron chi connectivity index (χ3n) is 4.17. The van der Waals surface area contributed by atoms with Gasteiger partial charge in [-0.1, -0.05) is 0 Å². The minimum absolute atomic E-state index is 0.320. The van der Waals surface area contributed by atoms with Crippen LogP contribution in [0.3, 0.4) is 0 Å². The molecule has 3 heterocycles. The Hall–Kier alpha value is -0.410. The quantitative estimate of drug-likeness (QED) is 0.692. The normalized spacial score (nSPS) is 31.1. The largest absolute Gasteiger partial charge is 0.381 e. The predicted molar refractivity (Wildman–Crippen MR) is 58.3 cm³/mol. The van der Waals surface area contributed by atoms with Gasteiger partial charge in [0.1, 0.15) is 0 Å². The Bertz CT molecular complexity index is 265. The molecule has 0 bridgehead atoms. The SMILES string of the molecule is C1CN=C(C2(C3CCOCC3)COC2)C1. The molecular formula is C12H19NO2. The van der Waals surface area contributed by atoms with Gasteiger partial charge in [0, 0.05) is 25.5 Å². The summed E-state index contributed by atoms with van der Waals surface area (Å²) in [5, 5.41) is 0. The summed E-state index contributed by atoms with van der Waals surface area (Å²) in [6, 6.07) is 0. The van der Waals surface area contributed by atoms with Gasteiger partial charge in [-0.25, -0.2) is 0 Å². The van der Waals surface area contributed by atoms with E-state index in [-0.39, 0.29) is 0 Å². The van der Waals surface area contributed by atoms with Gasteiger partial charge in [-0.05, 0) is 31.6 Å². The highest BCUT2D eigenvalue weighted by molar-refractivity contribution is 5.92. The van der Waals surface area contributed by atoms with Crippen LogP contribution in [0, 0.1) is 11.3 Å². The van der Waals surface area contributed by atoms with E-state index in [2.05, 4.69) is 0 Å². The van der Waals surface area contributed by atoms with Crippen LogP contribution in [0.5, 0.6) is 0 Å². The Kier molecular flexibility index (Phi) is 2.53. The van der Waals surface area contributed by atoms with Gasteiger partial charge in [0.25, 0.3) is 0 Å². The van der Waals surface area contributed by atoms with Gasteiger partial charge in [0.05, 0.1) is 18.6 Å². The molecule has 0 aliphatic carbocycles. The smallest absolute Gasteiger partial charge is 0.0600 e. The number of aliphatic imine (C=N–C) groups is 1. The molecule has 0 unspecified atom stereocenters. The molecule has 0 amide bonds. The van der Waals surface area contributed by atoms with Crippen molar-refractivity contribution in [3.63, 3.8) is 0 Å². The number of ether oxygens (including phenoxy) is 2. The highest BCUT2D eigenvalue weighted by Gasteiger charge is 2.49. The summed E-state index contributed by atoms with van der Waals surface area (Å²) >= 11 is 0. The number of hydrogen-bond acceptors (Lipinski definition) is 3. The fourth-order valence-electron chi connectivity index (χ4n) is 3.16. The Morgan fingerprint density at radius 1 is 1.13 bits per heavy atom. The highest BCUT2D eigenvalue weighted by Crippen LogP contribution is 2.44. The van der Waals surface area contributed by atoms with Gasteiger partial charge in [-0.2, -0.15) is 0 Å². The molecule has 15 heavy (non-hydrogen) atoms. The summed E-state index contributed by atoms with van der Waals surface area (Å²) < 4.78 is 10.9. The van der Waals surface area contributed by atoms with Crippen LogP contribution in [0.1, 0.15) is 25.7 Å². The summed E-state index contributed by atoms with van der Waals surface area (Å²) in [7, 11) is 0. The first kappa shape index (κ1) is 9.79. The van der Waals surface area contributed by atoms with E-state index in [1.165, 1.54) is 31.4 Å². The van der Waals surface area contributed by atoms with E-state index in [1.54, 1.807) is 0 Å². The van der Waals surface area contributed by atoms with Gasteiger partial charge in [-0.3, -0.25) is 4.99 Å².